The molecule has 2 N–H and O–H groups in total. The van der Waals surface area contributed by atoms with Crippen LogP contribution in [0.5, 0.6) is 0 Å². The Hall–Kier alpha value is -2.72. The highest BCUT2D eigenvalue weighted by atomic mass is 16.2. The molecule has 4 rings (SSSR count). The summed E-state index contributed by atoms with van der Waals surface area (Å²) in [6.45, 7) is 8.15. The fourth-order valence-electron chi connectivity index (χ4n) is 4.32. The van der Waals surface area contributed by atoms with Crippen LogP contribution in [0.25, 0.3) is 10.9 Å². The third-order valence-corrected chi connectivity index (χ3v) is 5.60. The summed E-state index contributed by atoms with van der Waals surface area (Å²) in [5, 5.41) is 11.7. The van der Waals surface area contributed by atoms with Gasteiger partial charge in [0.05, 0.1) is 11.2 Å². The van der Waals surface area contributed by atoms with Gasteiger partial charge in [-0.3, -0.25) is 4.98 Å². The van der Waals surface area contributed by atoms with Crippen molar-refractivity contribution in [1.29, 1.82) is 0 Å². The summed E-state index contributed by atoms with van der Waals surface area (Å²) in [5.41, 5.74) is 7.94. The molecule has 0 fully saturated rings. The molecule has 2 aromatic carbocycles. The largest absolute Gasteiger partial charge is 0.400 e. The molecule has 1 unspecified atom stereocenters. The molecule has 4 heteroatoms. The number of benzene rings is 2. The van der Waals surface area contributed by atoms with E-state index in [9.17, 15) is 4.79 Å². The van der Waals surface area contributed by atoms with Gasteiger partial charge in [0.2, 0.25) is 0 Å². The van der Waals surface area contributed by atoms with Crippen molar-refractivity contribution in [3.8, 4) is 0 Å². The Morgan fingerprint density at radius 1 is 1.10 bits per heavy atom. The third-order valence-electron chi connectivity index (χ3n) is 5.60. The van der Waals surface area contributed by atoms with Gasteiger partial charge >= 0.3 is 0 Å². The Labute approximate surface area is 186 Å². The van der Waals surface area contributed by atoms with Gasteiger partial charge in [-0.15, -0.1) is 0 Å². The van der Waals surface area contributed by atoms with E-state index in [4.69, 9.17) is 10.1 Å². The van der Waals surface area contributed by atoms with E-state index in [1.54, 1.807) is 0 Å². The fourth-order valence-corrected chi connectivity index (χ4v) is 4.32. The van der Waals surface area contributed by atoms with Crippen LogP contribution in [0.3, 0.4) is 0 Å². The van der Waals surface area contributed by atoms with E-state index >= 15 is 0 Å². The van der Waals surface area contributed by atoms with Crippen molar-refractivity contribution >= 4 is 28.6 Å². The van der Waals surface area contributed by atoms with Gasteiger partial charge in [0.25, 0.3) is 0 Å². The standard InChI is InChI=1S/C24H26N2O.C2H6.CH4O/c1-3-8-19(15-27)23-16(2)25-22-14-18-10-7-9-17(18)13-21(22)24(23)26-20-11-5-4-6-12-20;2*1-2/h4-6,11-15,19H,3,7-10H2,1-2H3,(H,25,26);1-2H3;2H,1H3. The Kier molecular flexibility index (Phi) is 9.67. The predicted octanol–water partition coefficient (Wildman–Crippen LogP) is 6.49. The summed E-state index contributed by atoms with van der Waals surface area (Å²) in [7, 11) is 1.00. The quantitative estimate of drug-likeness (QED) is 0.447. The number of carbonyl (C=O) groups is 1. The minimum Gasteiger partial charge on any atom is -0.400 e. The van der Waals surface area contributed by atoms with Gasteiger partial charge in [-0.1, -0.05) is 45.4 Å². The van der Waals surface area contributed by atoms with E-state index in [1.807, 2.05) is 39.0 Å². The molecule has 0 spiro atoms. The maximum atomic E-state index is 11.9. The number of para-hydroxylation sites is 1. The van der Waals surface area contributed by atoms with Gasteiger partial charge in [-0.25, -0.2) is 0 Å². The van der Waals surface area contributed by atoms with Crippen LogP contribution >= 0.6 is 0 Å². The number of aryl methyl sites for hydroxylation is 3. The molecule has 0 amide bonds. The first-order valence-electron chi connectivity index (χ1n) is 11.4. The number of anilines is 2. The average molecular weight is 421 g/mol. The lowest BCUT2D eigenvalue weighted by Crippen LogP contribution is -2.09. The van der Waals surface area contributed by atoms with Gasteiger partial charge in [-0.2, -0.15) is 0 Å². The molecule has 0 bridgehead atoms. The normalized spacial score (nSPS) is 12.7. The molecule has 1 atom stereocenters. The summed E-state index contributed by atoms with van der Waals surface area (Å²) in [4.78, 5) is 16.8. The number of pyridine rings is 1. The molecule has 0 radical (unpaired) electrons. The van der Waals surface area contributed by atoms with Crippen molar-refractivity contribution in [3.05, 3.63) is 64.8 Å². The van der Waals surface area contributed by atoms with Gasteiger partial charge < -0.3 is 15.2 Å². The van der Waals surface area contributed by atoms with Crippen LogP contribution in [-0.4, -0.2) is 23.5 Å². The third kappa shape index (κ3) is 5.50. The molecule has 1 aliphatic carbocycles. The average Bonchev–Trinajstić information content (AvgIpc) is 3.27. The zero-order valence-corrected chi connectivity index (χ0v) is 19.5. The van der Waals surface area contributed by atoms with Crippen LogP contribution in [-0.2, 0) is 17.6 Å². The van der Waals surface area contributed by atoms with Crippen LogP contribution in [0.4, 0.5) is 11.4 Å². The SMILES string of the molecule is CC.CCCC(C=O)c1c(C)nc2cc3c(cc2c1Nc1ccccc1)CCC3.CO. The number of aliphatic hydroxyl groups excluding tert-OH is 1. The number of aromatic nitrogens is 1. The number of fused-ring (bicyclic) bond motifs is 2. The Morgan fingerprint density at radius 2 is 1.74 bits per heavy atom. The van der Waals surface area contributed by atoms with E-state index < -0.39 is 0 Å². The van der Waals surface area contributed by atoms with Crippen LogP contribution < -0.4 is 5.32 Å². The number of aliphatic hydroxyl groups is 1. The van der Waals surface area contributed by atoms with E-state index in [-0.39, 0.29) is 5.92 Å². The lowest BCUT2D eigenvalue weighted by Gasteiger charge is -2.21. The molecule has 0 saturated heterocycles. The number of nitrogens with one attached hydrogen (secondary N) is 1. The smallest absolute Gasteiger partial charge is 0.127 e. The molecular formula is C27H36N2O2. The zero-order chi connectivity index (χ0) is 22.8. The molecule has 4 nitrogen and oxygen atoms in total. The maximum absolute atomic E-state index is 11.9. The first-order valence-corrected chi connectivity index (χ1v) is 11.4. The van der Waals surface area contributed by atoms with Crippen LogP contribution in [0, 0.1) is 6.92 Å². The molecule has 3 aromatic rings. The number of hydrogen-bond acceptors (Lipinski definition) is 4. The van der Waals surface area contributed by atoms with Gasteiger partial charge in [0.15, 0.2) is 0 Å². The van der Waals surface area contributed by atoms with Crippen molar-refractivity contribution in [3.63, 3.8) is 0 Å². The second-order valence-corrected chi connectivity index (χ2v) is 7.50. The minimum absolute atomic E-state index is 0.133. The lowest BCUT2D eigenvalue weighted by atomic mass is 9.90. The van der Waals surface area contributed by atoms with E-state index in [1.165, 1.54) is 17.5 Å². The van der Waals surface area contributed by atoms with Gasteiger partial charge in [-0.05, 0) is 68.0 Å². The second kappa shape index (κ2) is 12.2. The van der Waals surface area contributed by atoms with Crippen molar-refractivity contribution < 1.29 is 9.90 Å². The first-order chi connectivity index (χ1) is 15.2. The van der Waals surface area contributed by atoms with E-state index in [0.717, 1.165) is 72.6 Å². The van der Waals surface area contributed by atoms with Gasteiger partial charge in [0, 0.05) is 35.4 Å². The lowest BCUT2D eigenvalue weighted by molar-refractivity contribution is -0.109. The number of rotatable bonds is 6. The number of nitrogens with zero attached hydrogens (tertiary/aromatic N) is 1. The monoisotopic (exact) mass is 420 g/mol. The van der Waals surface area contributed by atoms with Crippen LogP contribution in [0.15, 0.2) is 42.5 Å². The highest BCUT2D eigenvalue weighted by Crippen LogP contribution is 2.39. The number of carbonyl (C=O) groups excluding carboxylic acids is 1. The summed E-state index contributed by atoms with van der Waals surface area (Å²) in [6.07, 6.45) is 6.38. The van der Waals surface area contributed by atoms with E-state index in [2.05, 4.69) is 36.5 Å². The molecule has 31 heavy (non-hydrogen) atoms. The van der Waals surface area contributed by atoms with Crippen molar-refractivity contribution in [1.82, 2.24) is 4.98 Å². The second-order valence-electron chi connectivity index (χ2n) is 7.50. The zero-order valence-electron chi connectivity index (χ0n) is 19.5. The first kappa shape index (κ1) is 24.5. The number of aldehydes is 1. The summed E-state index contributed by atoms with van der Waals surface area (Å²) < 4.78 is 0. The Balaban J connectivity index is 0.000000807. The molecule has 1 aliphatic rings. The minimum atomic E-state index is -0.133. The molecule has 1 aromatic heterocycles. The molecular weight excluding hydrogens is 384 g/mol. The summed E-state index contributed by atoms with van der Waals surface area (Å²) >= 11 is 0. The Morgan fingerprint density at radius 3 is 2.35 bits per heavy atom. The van der Waals surface area contributed by atoms with Crippen molar-refractivity contribution in [2.24, 2.45) is 0 Å². The summed E-state index contributed by atoms with van der Waals surface area (Å²) in [6, 6.07) is 14.7. The predicted molar refractivity (Wildman–Crippen MR) is 131 cm³/mol. The maximum Gasteiger partial charge on any atom is 0.127 e. The molecule has 166 valence electrons. The van der Waals surface area contributed by atoms with Crippen molar-refractivity contribution in [2.75, 3.05) is 12.4 Å². The van der Waals surface area contributed by atoms with Crippen LogP contribution in [0.1, 0.15) is 68.3 Å². The van der Waals surface area contributed by atoms with Gasteiger partial charge in [0.1, 0.15) is 6.29 Å². The highest BCUT2D eigenvalue weighted by Gasteiger charge is 2.22. The highest BCUT2D eigenvalue weighted by molar-refractivity contribution is 5.97. The number of hydrogen-bond donors (Lipinski definition) is 2. The Bertz CT molecular complexity index is 984. The molecule has 0 aliphatic heterocycles. The molecule has 1 heterocycles. The van der Waals surface area contributed by atoms with E-state index in [0.29, 0.717) is 0 Å². The van der Waals surface area contributed by atoms with Crippen molar-refractivity contribution in [2.45, 2.75) is 65.7 Å². The topological polar surface area (TPSA) is 62.2 Å². The summed E-state index contributed by atoms with van der Waals surface area (Å²) in [5.74, 6) is -0.133. The van der Waals surface area contributed by atoms with Crippen LogP contribution in [0.2, 0.25) is 0 Å². The molecule has 0 saturated carbocycles. The fraction of sp³-hybridized carbons (Fsp3) is 0.407.